The van der Waals surface area contributed by atoms with Crippen LogP contribution in [0, 0.1) is 37.5 Å². The van der Waals surface area contributed by atoms with E-state index in [0.29, 0.717) is 23.1 Å². The number of imide groups is 1. The molecule has 0 radical (unpaired) electrons. The maximum atomic E-state index is 13.0. The second-order valence-corrected chi connectivity index (χ2v) is 8.70. The van der Waals surface area contributed by atoms with E-state index >= 15 is 0 Å². The van der Waals surface area contributed by atoms with Crippen LogP contribution in [0.3, 0.4) is 0 Å². The lowest BCUT2D eigenvalue weighted by molar-refractivity contribution is -0.123. The third-order valence-corrected chi connectivity index (χ3v) is 7.06. The number of carbonyl (C=O) groups excluding carboxylic acids is 3. The second kappa shape index (κ2) is 6.55. The van der Waals surface area contributed by atoms with Crippen molar-refractivity contribution >= 4 is 29.1 Å². The minimum Gasteiger partial charge on any atom is -0.322 e. The van der Waals surface area contributed by atoms with Crippen molar-refractivity contribution in [3.05, 3.63) is 59.2 Å². The van der Waals surface area contributed by atoms with Gasteiger partial charge in [0.05, 0.1) is 17.5 Å². The summed E-state index contributed by atoms with van der Waals surface area (Å²) in [6.45, 7) is 4.02. The highest BCUT2D eigenvalue weighted by atomic mass is 16.2. The first-order valence-electron chi connectivity index (χ1n) is 10.3. The molecular weight excluding hydrogens is 364 g/mol. The van der Waals surface area contributed by atoms with Crippen molar-refractivity contribution in [3.8, 4) is 0 Å². The molecule has 0 unspecified atom stereocenters. The fourth-order valence-corrected chi connectivity index (χ4v) is 5.47. The van der Waals surface area contributed by atoms with E-state index < -0.39 is 0 Å². The van der Waals surface area contributed by atoms with E-state index in [1.807, 2.05) is 32.0 Å². The van der Waals surface area contributed by atoms with Crippen LogP contribution in [-0.2, 0) is 9.59 Å². The Morgan fingerprint density at radius 2 is 1.62 bits per heavy atom. The number of fused-ring (bicyclic) bond motifs is 5. The molecule has 2 saturated carbocycles. The standard InChI is InChI=1S/C24H24N2O3/c1-13-6-9-18(10-14(13)2)25-22(27)17-4-3-5-19(12-17)26-23(28)20-15-7-8-16(11-15)21(20)24(26)29/h3-6,9-10,12,15-16,20-21H,7-8,11H2,1-2H3,(H,25,27)/t15-,16-,20+,21+/m0/s1. The van der Waals surface area contributed by atoms with Crippen LogP contribution in [0.1, 0.15) is 40.7 Å². The molecule has 3 amide bonds. The van der Waals surface area contributed by atoms with Gasteiger partial charge in [-0.15, -0.1) is 0 Å². The Labute approximate surface area is 170 Å². The number of nitrogens with zero attached hydrogens (tertiary/aromatic N) is 1. The van der Waals surface area contributed by atoms with Crippen molar-refractivity contribution in [1.29, 1.82) is 0 Å². The number of amides is 3. The van der Waals surface area contributed by atoms with Gasteiger partial charge in [-0.2, -0.15) is 0 Å². The third-order valence-electron chi connectivity index (χ3n) is 7.06. The van der Waals surface area contributed by atoms with E-state index in [9.17, 15) is 14.4 Å². The van der Waals surface area contributed by atoms with Gasteiger partial charge in [-0.1, -0.05) is 12.1 Å². The van der Waals surface area contributed by atoms with Crippen LogP contribution in [0.15, 0.2) is 42.5 Å². The molecule has 148 valence electrons. The molecule has 1 saturated heterocycles. The van der Waals surface area contributed by atoms with E-state index in [-0.39, 0.29) is 29.6 Å². The Kier molecular flexibility index (Phi) is 4.09. The number of hydrogen-bond acceptors (Lipinski definition) is 3. The van der Waals surface area contributed by atoms with Crippen molar-refractivity contribution in [2.24, 2.45) is 23.7 Å². The van der Waals surface area contributed by atoms with Crippen LogP contribution in [0.25, 0.3) is 0 Å². The van der Waals surface area contributed by atoms with Gasteiger partial charge in [0.25, 0.3) is 5.91 Å². The van der Waals surface area contributed by atoms with Gasteiger partial charge in [-0.25, -0.2) is 0 Å². The molecule has 1 N–H and O–H groups in total. The molecule has 0 aromatic heterocycles. The zero-order chi connectivity index (χ0) is 20.3. The maximum absolute atomic E-state index is 13.0. The molecule has 5 rings (SSSR count). The van der Waals surface area contributed by atoms with Gasteiger partial charge in [-0.05, 0) is 86.4 Å². The Balaban J connectivity index is 1.40. The highest BCUT2D eigenvalue weighted by molar-refractivity contribution is 6.23. The molecular formula is C24H24N2O3. The number of hydrogen-bond donors (Lipinski definition) is 1. The van der Waals surface area contributed by atoms with Gasteiger partial charge in [0.1, 0.15) is 0 Å². The molecule has 0 spiro atoms. The minimum absolute atomic E-state index is 0.0843. The van der Waals surface area contributed by atoms with Crippen LogP contribution in [0.5, 0.6) is 0 Å². The monoisotopic (exact) mass is 388 g/mol. The Bertz CT molecular complexity index is 1020. The first-order valence-corrected chi connectivity index (χ1v) is 10.3. The first kappa shape index (κ1) is 18.1. The van der Waals surface area contributed by atoms with Crippen LogP contribution >= 0.6 is 0 Å². The summed E-state index contributed by atoms with van der Waals surface area (Å²) in [6.07, 6.45) is 3.12. The summed E-state index contributed by atoms with van der Waals surface area (Å²) in [6, 6.07) is 12.6. The third kappa shape index (κ3) is 2.79. The molecule has 1 heterocycles. The molecule has 3 fully saturated rings. The fraction of sp³-hybridized carbons (Fsp3) is 0.375. The van der Waals surface area contributed by atoms with Gasteiger partial charge in [0.2, 0.25) is 11.8 Å². The van der Waals surface area contributed by atoms with Gasteiger partial charge in [0.15, 0.2) is 0 Å². The second-order valence-electron chi connectivity index (χ2n) is 8.70. The summed E-state index contributed by atoms with van der Waals surface area (Å²) in [5.74, 6) is -0.0405. The smallest absolute Gasteiger partial charge is 0.255 e. The highest BCUT2D eigenvalue weighted by Gasteiger charge is 2.61. The molecule has 3 aliphatic rings. The lowest BCUT2D eigenvalue weighted by Gasteiger charge is -2.19. The summed E-state index contributed by atoms with van der Waals surface area (Å²) in [5, 5.41) is 2.90. The highest BCUT2D eigenvalue weighted by Crippen LogP contribution is 2.56. The quantitative estimate of drug-likeness (QED) is 0.806. The molecule has 4 atom stereocenters. The molecule has 5 nitrogen and oxygen atoms in total. The van der Waals surface area contributed by atoms with Crippen LogP contribution in [0.2, 0.25) is 0 Å². The number of anilines is 2. The van der Waals surface area contributed by atoms with Crippen LogP contribution in [0.4, 0.5) is 11.4 Å². The minimum atomic E-state index is -0.255. The number of carbonyl (C=O) groups is 3. The molecule has 2 aliphatic carbocycles. The van der Waals surface area contributed by atoms with Crippen molar-refractivity contribution in [2.45, 2.75) is 33.1 Å². The zero-order valence-electron chi connectivity index (χ0n) is 16.6. The van der Waals surface area contributed by atoms with Gasteiger partial charge >= 0.3 is 0 Å². The van der Waals surface area contributed by atoms with E-state index in [4.69, 9.17) is 0 Å². The van der Waals surface area contributed by atoms with E-state index in [0.717, 1.165) is 36.1 Å². The van der Waals surface area contributed by atoms with Crippen LogP contribution < -0.4 is 10.2 Å². The predicted molar refractivity (Wildman–Crippen MR) is 111 cm³/mol. The lowest BCUT2D eigenvalue weighted by Crippen LogP contribution is -2.33. The maximum Gasteiger partial charge on any atom is 0.255 e. The fourth-order valence-electron chi connectivity index (χ4n) is 5.47. The summed E-state index contributed by atoms with van der Waals surface area (Å²) in [5.41, 5.74) is 3.92. The molecule has 2 bridgehead atoms. The number of benzene rings is 2. The average Bonchev–Trinajstić information content (AvgIpc) is 3.38. The van der Waals surface area contributed by atoms with Crippen molar-refractivity contribution < 1.29 is 14.4 Å². The average molecular weight is 388 g/mol. The number of aryl methyl sites for hydroxylation is 2. The van der Waals surface area contributed by atoms with Crippen molar-refractivity contribution in [2.75, 3.05) is 10.2 Å². The molecule has 2 aromatic rings. The molecule has 5 heteroatoms. The molecule has 2 aromatic carbocycles. The number of rotatable bonds is 3. The largest absolute Gasteiger partial charge is 0.322 e. The first-order chi connectivity index (χ1) is 13.9. The Morgan fingerprint density at radius 3 is 2.28 bits per heavy atom. The SMILES string of the molecule is Cc1ccc(NC(=O)c2cccc(N3C(=O)[C@@H]4[C@H]5CC[C@@H](C5)[C@H]4C3=O)c2)cc1C. The molecule has 1 aliphatic heterocycles. The number of nitrogens with one attached hydrogen (secondary N) is 1. The van der Waals surface area contributed by atoms with Gasteiger partial charge < -0.3 is 5.32 Å². The normalized spacial score (nSPS) is 27.4. The lowest BCUT2D eigenvalue weighted by atomic mass is 9.81. The molecule has 29 heavy (non-hydrogen) atoms. The van der Waals surface area contributed by atoms with E-state index in [1.165, 1.54) is 4.90 Å². The van der Waals surface area contributed by atoms with Crippen LogP contribution in [-0.4, -0.2) is 17.7 Å². The van der Waals surface area contributed by atoms with E-state index in [2.05, 4.69) is 5.32 Å². The Hall–Kier alpha value is -2.95. The summed E-state index contributed by atoms with van der Waals surface area (Å²) in [7, 11) is 0. The predicted octanol–water partition coefficient (Wildman–Crippen LogP) is 4.09. The Morgan fingerprint density at radius 1 is 0.931 bits per heavy atom. The summed E-state index contributed by atoms with van der Waals surface area (Å²) >= 11 is 0. The van der Waals surface area contributed by atoms with E-state index in [1.54, 1.807) is 24.3 Å². The zero-order valence-corrected chi connectivity index (χ0v) is 16.6. The van der Waals surface area contributed by atoms with Crippen molar-refractivity contribution in [3.63, 3.8) is 0 Å². The van der Waals surface area contributed by atoms with Gasteiger partial charge in [0, 0.05) is 11.3 Å². The van der Waals surface area contributed by atoms with Crippen molar-refractivity contribution in [1.82, 2.24) is 0 Å². The summed E-state index contributed by atoms with van der Waals surface area (Å²) in [4.78, 5) is 40.1. The van der Waals surface area contributed by atoms with Gasteiger partial charge in [-0.3, -0.25) is 19.3 Å². The summed E-state index contributed by atoms with van der Waals surface area (Å²) < 4.78 is 0. The topological polar surface area (TPSA) is 66.5 Å².